The van der Waals surface area contributed by atoms with Crippen LogP contribution in [0.2, 0.25) is 0 Å². The molecule has 20 heavy (non-hydrogen) atoms. The molecule has 0 spiro atoms. The van der Waals surface area contributed by atoms with Crippen molar-refractivity contribution in [3.8, 4) is 0 Å². The number of hydrogen-bond acceptors (Lipinski definition) is 1. The Kier molecular flexibility index (Phi) is 5.08. The third-order valence-electron chi connectivity index (χ3n) is 4.09. The fraction of sp³-hybridized carbons (Fsp3) is 0.625. The first-order chi connectivity index (χ1) is 9.47. The topological polar surface area (TPSA) is 12.0 Å². The van der Waals surface area contributed by atoms with Crippen LogP contribution >= 0.6 is 0 Å². The highest BCUT2D eigenvalue weighted by atomic mass is 19.4. The van der Waals surface area contributed by atoms with Gasteiger partial charge in [-0.1, -0.05) is 42.7 Å². The van der Waals surface area contributed by atoms with Crippen molar-refractivity contribution in [1.82, 2.24) is 5.32 Å². The van der Waals surface area contributed by atoms with Gasteiger partial charge in [0, 0.05) is 6.04 Å². The van der Waals surface area contributed by atoms with Crippen LogP contribution in [0.4, 0.5) is 13.2 Å². The summed E-state index contributed by atoms with van der Waals surface area (Å²) in [6.45, 7) is 2.64. The van der Waals surface area contributed by atoms with E-state index in [0.717, 1.165) is 12.8 Å². The predicted molar refractivity (Wildman–Crippen MR) is 74.7 cm³/mol. The maximum absolute atomic E-state index is 13.0. The van der Waals surface area contributed by atoms with Crippen molar-refractivity contribution in [2.24, 2.45) is 5.92 Å². The zero-order valence-corrected chi connectivity index (χ0v) is 11.8. The first-order valence-corrected chi connectivity index (χ1v) is 7.32. The zero-order valence-electron chi connectivity index (χ0n) is 11.8. The van der Waals surface area contributed by atoms with E-state index in [1.165, 1.54) is 11.1 Å². The number of alkyl halides is 3. The third kappa shape index (κ3) is 4.23. The van der Waals surface area contributed by atoms with Gasteiger partial charge >= 0.3 is 6.18 Å². The predicted octanol–water partition coefficient (Wildman–Crippen LogP) is 4.25. The molecule has 1 aliphatic rings. The minimum absolute atomic E-state index is 0.269. The molecule has 0 saturated heterocycles. The lowest BCUT2D eigenvalue weighted by Crippen LogP contribution is -2.46. The number of rotatable bonds is 4. The van der Waals surface area contributed by atoms with Crippen molar-refractivity contribution >= 4 is 0 Å². The Bertz CT molecular complexity index is 428. The molecule has 4 heteroatoms. The molecular weight excluding hydrogens is 263 g/mol. The molecule has 0 heterocycles. The Morgan fingerprint density at radius 3 is 2.65 bits per heavy atom. The Morgan fingerprint density at radius 1 is 1.20 bits per heavy atom. The second-order valence-corrected chi connectivity index (χ2v) is 5.73. The average molecular weight is 285 g/mol. The fourth-order valence-corrected chi connectivity index (χ4v) is 3.04. The van der Waals surface area contributed by atoms with Crippen LogP contribution in [0.3, 0.4) is 0 Å². The van der Waals surface area contributed by atoms with Gasteiger partial charge in [0.15, 0.2) is 0 Å². The molecule has 112 valence electrons. The second-order valence-electron chi connectivity index (χ2n) is 5.73. The molecule has 0 aliphatic heterocycles. The van der Waals surface area contributed by atoms with Gasteiger partial charge in [0.1, 0.15) is 0 Å². The van der Waals surface area contributed by atoms with Crippen molar-refractivity contribution in [1.29, 1.82) is 0 Å². The van der Waals surface area contributed by atoms with E-state index in [1.54, 1.807) is 0 Å². The summed E-state index contributed by atoms with van der Waals surface area (Å²) in [6, 6.07) is 7.72. The summed E-state index contributed by atoms with van der Waals surface area (Å²) in [4.78, 5) is 0. The SMILES string of the molecule is Cc1cccc(CCNC2CCCCC2C(F)(F)F)c1. The number of halogens is 3. The minimum atomic E-state index is -4.07. The standard InChI is InChI=1S/C16H22F3N/c1-12-5-4-6-13(11-12)9-10-20-15-8-3-2-7-14(15)16(17,18)19/h4-6,11,14-15,20H,2-3,7-10H2,1H3. The summed E-state index contributed by atoms with van der Waals surface area (Å²) in [5.74, 6) is -1.17. The molecule has 1 aromatic carbocycles. The lowest BCUT2D eigenvalue weighted by Gasteiger charge is -2.33. The first kappa shape index (κ1) is 15.4. The molecule has 2 unspecified atom stereocenters. The van der Waals surface area contributed by atoms with Gasteiger partial charge in [-0.3, -0.25) is 0 Å². The summed E-state index contributed by atoms with van der Waals surface area (Å²) in [7, 11) is 0. The molecule has 1 N–H and O–H groups in total. The van der Waals surface area contributed by atoms with Crippen LogP contribution in [0, 0.1) is 12.8 Å². The monoisotopic (exact) mass is 285 g/mol. The Balaban J connectivity index is 1.85. The molecule has 0 aromatic heterocycles. The first-order valence-electron chi connectivity index (χ1n) is 7.32. The van der Waals surface area contributed by atoms with Crippen molar-refractivity contribution in [2.75, 3.05) is 6.54 Å². The number of nitrogens with one attached hydrogen (secondary N) is 1. The number of hydrogen-bond donors (Lipinski definition) is 1. The Labute approximate surface area is 118 Å². The van der Waals surface area contributed by atoms with Gasteiger partial charge in [-0.15, -0.1) is 0 Å². The Hall–Kier alpha value is -1.03. The summed E-state index contributed by atoms with van der Waals surface area (Å²) >= 11 is 0. The second kappa shape index (κ2) is 6.61. The van der Waals surface area contributed by atoms with E-state index in [2.05, 4.69) is 11.4 Å². The van der Waals surface area contributed by atoms with Crippen LogP contribution in [0.1, 0.15) is 36.8 Å². The molecule has 1 aromatic rings. The molecule has 1 fully saturated rings. The molecule has 0 radical (unpaired) electrons. The van der Waals surface area contributed by atoms with Crippen LogP contribution in [0.15, 0.2) is 24.3 Å². The largest absolute Gasteiger partial charge is 0.393 e. The van der Waals surface area contributed by atoms with Gasteiger partial charge in [0.25, 0.3) is 0 Å². The van der Waals surface area contributed by atoms with E-state index < -0.39 is 18.1 Å². The quantitative estimate of drug-likeness (QED) is 0.872. The highest BCUT2D eigenvalue weighted by Gasteiger charge is 2.45. The van der Waals surface area contributed by atoms with Gasteiger partial charge in [0.05, 0.1) is 5.92 Å². The van der Waals surface area contributed by atoms with Gasteiger partial charge in [-0.05, 0) is 38.3 Å². The summed E-state index contributed by atoms with van der Waals surface area (Å²) in [5, 5.41) is 3.13. The molecular formula is C16H22F3N. The van der Waals surface area contributed by atoms with Crippen LogP contribution in [0.5, 0.6) is 0 Å². The van der Waals surface area contributed by atoms with E-state index in [4.69, 9.17) is 0 Å². The number of benzene rings is 1. The van der Waals surface area contributed by atoms with E-state index in [1.807, 2.05) is 25.1 Å². The number of aryl methyl sites for hydroxylation is 1. The summed E-state index contributed by atoms with van der Waals surface area (Å²) < 4.78 is 38.9. The van der Waals surface area contributed by atoms with Gasteiger partial charge in [0.2, 0.25) is 0 Å². The van der Waals surface area contributed by atoms with E-state index >= 15 is 0 Å². The molecule has 2 atom stereocenters. The maximum atomic E-state index is 13.0. The lowest BCUT2D eigenvalue weighted by atomic mass is 9.84. The van der Waals surface area contributed by atoms with Crippen molar-refractivity contribution in [3.05, 3.63) is 35.4 Å². The van der Waals surface area contributed by atoms with Gasteiger partial charge < -0.3 is 5.32 Å². The van der Waals surface area contributed by atoms with Crippen LogP contribution < -0.4 is 5.32 Å². The van der Waals surface area contributed by atoms with E-state index in [-0.39, 0.29) is 6.42 Å². The van der Waals surface area contributed by atoms with Crippen LogP contribution in [-0.2, 0) is 6.42 Å². The molecule has 1 aliphatic carbocycles. The van der Waals surface area contributed by atoms with Crippen LogP contribution in [-0.4, -0.2) is 18.8 Å². The highest BCUT2D eigenvalue weighted by molar-refractivity contribution is 5.22. The van der Waals surface area contributed by atoms with Gasteiger partial charge in [-0.25, -0.2) is 0 Å². The average Bonchev–Trinajstić information content (AvgIpc) is 2.38. The highest BCUT2D eigenvalue weighted by Crippen LogP contribution is 2.37. The molecule has 0 bridgehead atoms. The van der Waals surface area contributed by atoms with Crippen molar-refractivity contribution in [2.45, 2.75) is 51.2 Å². The summed E-state index contributed by atoms with van der Waals surface area (Å²) in [6.07, 6.45) is -0.789. The molecule has 0 amide bonds. The molecule has 1 nitrogen and oxygen atoms in total. The van der Waals surface area contributed by atoms with Crippen LogP contribution in [0.25, 0.3) is 0 Å². The fourth-order valence-electron chi connectivity index (χ4n) is 3.04. The maximum Gasteiger partial charge on any atom is 0.393 e. The van der Waals surface area contributed by atoms with Gasteiger partial charge in [-0.2, -0.15) is 13.2 Å². The third-order valence-corrected chi connectivity index (χ3v) is 4.09. The van der Waals surface area contributed by atoms with Crippen molar-refractivity contribution < 1.29 is 13.2 Å². The Morgan fingerprint density at radius 2 is 1.95 bits per heavy atom. The lowest BCUT2D eigenvalue weighted by molar-refractivity contribution is -0.188. The minimum Gasteiger partial charge on any atom is -0.313 e. The van der Waals surface area contributed by atoms with Crippen molar-refractivity contribution in [3.63, 3.8) is 0 Å². The van der Waals surface area contributed by atoms with E-state index in [0.29, 0.717) is 19.4 Å². The van der Waals surface area contributed by atoms with E-state index in [9.17, 15) is 13.2 Å². The smallest absolute Gasteiger partial charge is 0.313 e. The zero-order chi connectivity index (χ0) is 14.6. The summed E-state index contributed by atoms with van der Waals surface area (Å²) in [5.41, 5.74) is 2.37. The normalized spacial score (nSPS) is 23.8. The molecule has 2 rings (SSSR count). The molecule has 1 saturated carbocycles.